The summed E-state index contributed by atoms with van der Waals surface area (Å²) in [5, 5.41) is 0. The zero-order valence-electron chi connectivity index (χ0n) is 12.2. The van der Waals surface area contributed by atoms with E-state index in [4.69, 9.17) is 0 Å². The molecule has 0 heterocycles. The van der Waals surface area contributed by atoms with Gasteiger partial charge in [0, 0.05) is 6.54 Å². The van der Waals surface area contributed by atoms with Gasteiger partial charge in [0.2, 0.25) is 10.0 Å². The molecule has 1 N–H and O–H groups in total. The molecule has 0 fully saturated rings. The third-order valence-electron chi connectivity index (χ3n) is 2.98. The van der Waals surface area contributed by atoms with E-state index in [2.05, 4.69) is 32.1 Å². The van der Waals surface area contributed by atoms with E-state index in [1.807, 2.05) is 19.1 Å². The van der Waals surface area contributed by atoms with E-state index >= 15 is 0 Å². The van der Waals surface area contributed by atoms with Crippen molar-refractivity contribution in [2.24, 2.45) is 0 Å². The van der Waals surface area contributed by atoms with Crippen LogP contribution >= 0.6 is 0 Å². The summed E-state index contributed by atoms with van der Waals surface area (Å²) in [7, 11) is -3.44. The first-order valence-electron chi connectivity index (χ1n) is 6.40. The normalized spacial score (nSPS) is 12.4. The van der Waals surface area contributed by atoms with E-state index in [0.29, 0.717) is 17.9 Å². The lowest BCUT2D eigenvalue weighted by Gasteiger charge is -2.20. The fourth-order valence-electron chi connectivity index (χ4n) is 1.73. The molecule has 4 heteroatoms. The molecule has 106 valence electrons. The van der Waals surface area contributed by atoms with E-state index in [1.165, 1.54) is 0 Å². The average molecular weight is 281 g/mol. The second kappa shape index (κ2) is 5.88. The minimum atomic E-state index is -3.44. The maximum absolute atomic E-state index is 12.3. The van der Waals surface area contributed by atoms with Crippen molar-refractivity contribution in [2.45, 2.75) is 44.4 Å². The minimum absolute atomic E-state index is 0.0704. The summed E-state index contributed by atoms with van der Waals surface area (Å²) in [5.74, 6) is 0. The largest absolute Gasteiger partial charge is 0.240 e. The average Bonchev–Trinajstić information content (AvgIpc) is 2.27. The van der Waals surface area contributed by atoms with Crippen molar-refractivity contribution in [1.82, 2.24) is 4.72 Å². The van der Waals surface area contributed by atoms with Crippen LogP contribution in [0.15, 0.2) is 35.7 Å². The third kappa shape index (κ3) is 4.18. The van der Waals surface area contributed by atoms with Crippen molar-refractivity contribution >= 4 is 10.0 Å². The molecular formula is C15H23NO2S. The van der Waals surface area contributed by atoms with Crippen LogP contribution in [0.5, 0.6) is 0 Å². The first-order valence-corrected chi connectivity index (χ1v) is 7.88. The first-order chi connectivity index (χ1) is 8.68. The molecule has 19 heavy (non-hydrogen) atoms. The highest BCUT2D eigenvalue weighted by atomic mass is 32.2. The van der Waals surface area contributed by atoms with Crippen LogP contribution in [0.3, 0.4) is 0 Å². The fraction of sp³-hybridized carbons (Fsp3) is 0.467. The summed E-state index contributed by atoms with van der Waals surface area (Å²) >= 11 is 0. The predicted octanol–water partition coefficient (Wildman–Crippen LogP) is 3.15. The molecule has 0 aromatic heterocycles. The van der Waals surface area contributed by atoms with Gasteiger partial charge >= 0.3 is 0 Å². The SMILES string of the molecule is C=CCCNS(=O)(=O)c1cc(C(C)(C)C)ccc1C. The quantitative estimate of drug-likeness (QED) is 0.665. The Morgan fingerprint density at radius 3 is 2.47 bits per heavy atom. The number of benzene rings is 1. The molecule has 1 rings (SSSR count). The Labute approximate surface area is 116 Å². The summed E-state index contributed by atoms with van der Waals surface area (Å²) in [6.45, 7) is 12.0. The lowest BCUT2D eigenvalue weighted by Crippen LogP contribution is -2.26. The minimum Gasteiger partial charge on any atom is -0.211 e. The van der Waals surface area contributed by atoms with Crippen molar-refractivity contribution < 1.29 is 8.42 Å². The van der Waals surface area contributed by atoms with Crippen molar-refractivity contribution in [3.63, 3.8) is 0 Å². The molecule has 1 aromatic rings. The van der Waals surface area contributed by atoms with E-state index in [0.717, 1.165) is 11.1 Å². The summed E-state index contributed by atoms with van der Waals surface area (Å²) in [4.78, 5) is 0.365. The van der Waals surface area contributed by atoms with Crippen LogP contribution in [0, 0.1) is 6.92 Å². The Hall–Kier alpha value is -1.13. The van der Waals surface area contributed by atoms with Crippen molar-refractivity contribution in [3.05, 3.63) is 42.0 Å². The number of hydrogen-bond donors (Lipinski definition) is 1. The molecular weight excluding hydrogens is 258 g/mol. The van der Waals surface area contributed by atoms with E-state index in [-0.39, 0.29) is 5.41 Å². The Morgan fingerprint density at radius 1 is 1.32 bits per heavy atom. The Bertz CT molecular complexity index is 554. The van der Waals surface area contributed by atoms with Crippen molar-refractivity contribution in [3.8, 4) is 0 Å². The van der Waals surface area contributed by atoms with Gasteiger partial charge in [0.05, 0.1) is 4.90 Å². The van der Waals surface area contributed by atoms with Gasteiger partial charge in [-0.05, 0) is 36.0 Å². The van der Waals surface area contributed by atoms with Crippen LogP contribution in [0.25, 0.3) is 0 Å². The molecule has 0 aliphatic heterocycles. The second-order valence-electron chi connectivity index (χ2n) is 5.71. The van der Waals surface area contributed by atoms with Crippen molar-refractivity contribution in [1.29, 1.82) is 0 Å². The van der Waals surface area contributed by atoms with Gasteiger partial charge in [-0.2, -0.15) is 0 Å². The highest BCUT2D eigenvalue weighted by Gasteiger charge is 2.20. The van der Waals surface area contributed by atoms with Gasteiger partial charge in [0.1, 0.15) is 0 Å². The zero-order chi connectivity index (χ0) is 14.7. The van der Waals surface area contributed by atoms with Gasteiger partial charge in [-0.25, -0.2) is 13.1 Å². The highest BCUT2D eigenvalue weighted by molar-refractivity contribution is 7.89. The molecule has 0 saturated carbocycles. The highest BCUT2D eigenvalue weighted by Crippen LogP contribution is 2.26. The Kier molecular flexibility index (Phi) is 4.93. The van der Waals surface area contributed by atoms with E-state index in [1.54, 1.807) is 12.1 Å². The number of hydrogen-bond acceptors (Lipinski definition) is 2. The zero-order valence-corrected chi connectivity index (χ0v) is 13.0. The summed E-state index contributed by atoms with van der Waals surface area (Å²) < 4.78 is 27.1. The maximum atomic E-state index is 12.3. The Balaban J connectivity index is 3.15. The molecule has 1 aromatic carbocycles. The predicted molar refractivity (Wildman–Crippen MR) is 79.9 cm³/mol. The third-order valence-corrected chi connectivity index (χ3v) is 4.59. The summed E-state index contributed by atoms with van der Waals surface area (Å²) in [6, 6.07) is 5.62. The van der Waals surface area contributed by atoms with Crippen LogP contribution in [-0.4, -0.2) is 15.0 Å². The van der Waals surface area contributed by atoms with Crippen LogP contribution in [-0.2, 0) is 15.4 Å². The molecule has 0 saturated heterocycles. The smallest absolute Gasteiger partial charge is 0.211 e. The van der Waals surface area contributed by atoms with Crippen LogP contribution < -0.4 is 4.72 Å². The Morgan fingerprint density at radius 2 is 1.95 bits per heavy atom. The molecule has 0 amide bonds. The van der Waals surface area contributed by atoms with E-state index < -0.39 is 10.0 Å². The number of nitrogens with one attached hydrogen (secondary N) is 1. The van der Waals surface area contributed by atoms with Crippen LogP contribution in [0.4, 0.5) is 0 Å². The molecule has 0 aliphatic rings. The van der Waals surface area contributed by atoms with Gasteiger partial charge in [0.15, 0.2) is 0 Å². The van der Waals surface area contributed by atoms with Gasteiger partial charge < -0.3 is 0 Å². The molecule has 0 radical (unpaired) electrons. The van der Waals surface area contributed by atoms with Crippen LogP contribution in [0.2, 0.25) is 0 Å². The van der Waals surface area contributed by atoms with Gasteiger partial charge in [-0.1, -0.05) is 39.0 Å². The monoisotopic (exact) mass is 281 g/mol. The molecule has 3 nitrogen and oxygen atoms in total. The van der Waals surface area contributed by atoms with Gasteiger partial charge in [-0.15, -0.1) is 6.58 Å². The van der Waals surface area contributed by atoms with Gasteiger partial charge in [-0.3, -0.25) is 0 Å². The molecule has 0 bridgehead atoms. The maximum Gasteiger partial charge on any atom is 0.240 e. The second-order valence-corrected chi connectivity index (χ2v) is 7.44. The topological polar surface area (TPSA) is 46.2 Å². The first kappa shape index (κ1) is 15.9. The molecule has 0 spiro atoms. The molecule has 0 aliphatic carbocycles. The standard InChI is InChI=1S/C15H23NO2S/c1-6-7-10-16-19(17,18)14-11-13(15(3,4)5)9-8-12(14)2/h6,8-9,11,16H,1,7,10H2,2-5H3. The van der Waals surface area contributed by atoms with E-state index in [9.17, 15) is 8.42 Å². The molecule has 0 unspecified atom stereocenters. The van der Waals surface area contributed by atoms with Crippen LogP contribution in [0.1, 0.15) is 38.3 Å². The summed E-state index contributed by atoms with van der Waals surface area (Å²) in [5.41, 5.74) is 1.71. The lowest BCUT2D eigenvalue weighted by atomic mass is 9.87. The van der Waals surface area contributed by atoms with Crippen molar-refractivity contribution in [2.75, 3.05) is 6.54 Å². The molecule has 0 atom stereocenters. The number of rotatable bonds is 5. The number of aryl methyl sites for hydroxylation is 1. The summed E-state index contributed by atoms with van der Waals surface area (Å²) in [6.07, 6.45) is 2.32. The van der Waals surface area contributed by atoms with Gasteiger partial charge in [0.25, 0.3) is 0 Å². The number of sulfonamides is 1. The fourth-order valence-corrected chi connectivity index (χ4v) is 3.05. The lowest BCUT2D eigenvalue weighted by molar-refractivity contribution is 0.575.